The van der Waals surface area contributed by atoms with E-state index >= 15 is 0 Å². The van der Waals surface area contributed by atoms with E-state index in [4.69, 9.17) is 16.7 Å². The molecule has 1 aromatic carbocycles. The second-order valence-electron chi connectivity index (χ2n) is 4.23. The Kier molecular flexibility index (Phi) is 5.21. The van der Waals surface area contributed by atoms with E-state index in [9.17, 15) is 18.3 Å². The number of phenolic OH excluding ortho intramolecular Hbond substituents is 1. The van der Waals surface area contributed by atoms with Crippen molar-refractivity contribution >= 4 is 33.3 Å². The lowest BCUT2D eigenvalue weighted by Crippen LogP contribution is -2.35. The molecule has 0 saturated heterocycles. The minimum atomic E-state index is -4.20. The molecule has 112 valence electrons. The summed E-state index contributed by atoms with van der Waals surface area (Å²) < 4.78 is 22.7. The van der Waals surface area contributed by atoms with E-state index in [-0.39, 0.29) is 16.8 Å². The van der Waals surface area contributed by atoms with Crippen molar-refractivity contribution in [1.82, 2.24) is 5.32 Å². The summed E-state index contributed by atoms with van der Waals surface area (Å²) in [5.74, 6) is -0.695. The molecule has 0 aliphatic heterocycles. The monoisotopic (exact) mass is 321 g/mol. The lowest BCUT2D eigenvalue weighted by atomic mass is 10.2. The van der Waals surface area contributed by atoms with Crippen LogP contribution in [0, 0.1) is 0 Å². The van der Waals surface area contributed by atoms with Crippen molar-refractivity contribution in [1.29, 1.82) is 0 Å². The molecule has 1 unspecified atom stereocenters. The topological polar surface area (TPSA) is 122 Å². The van der Waals surface area contributed by atoms with Crippen molar-refractivity contribution in [2.24, 2.45) is 5.14 Å². The second kappa shape index (κ2) is 6.29. The Morgan fingerprint density at radius 3 is 2.60 bits per heavy atom. The first kappa shape index (κ1) is 16.5. The van der Waals surface area contributed by atoms with Crippen LogP contribution in [0.2, 0.25) is 5.02 Å². The average Bonchev–Trinajstić information content (AvgIpc) is 2.31. The molecule has 0 bridgehead atoms. The number of urea groups is 1. The van der Waals surface area contributed by atoms with Crippen LogP contribution in [0.25, 0.3) is 0 Å². The average molecular weight is 322 g/mol. The van der Waals surface area contributed by atoms with Gasteiger partial charge in [-0.2, -0.15) is 0 Å². The van der Waals surface area contributed by atoms with Crippen molar-refractivity contribution in [2.45, 2.75) is 31.2 Å². The molecule has 20 heavy (non-hydrogen) atoms. The maximum Gasteiger partial charge on any atom is 0.319 e. The lowest BCUT2D eigenvalue weighted by Gasteiger charge is -2.14. The van der Waals surface area contributed by atoms with Crippen LogP contribution in [0.1, 0.15) is 20.3 Å². The number of phenols is 1. The fourth-order valence-corrected chi connectivity index (χ4v) is 2.60. The minimum Gasteiger partial charge on any atom is -0.504 e. The number of nitrogens with one attached hydrogen (secondary N) is 2. The standard InChI is InChI=1S/C11H16ClN3O4S/c1-3-6(2)14-11(17)15-8-5-4-7(12)10(9(8)16)20(13,18)19/h4-6,16H,3H2,1-2H3,(H2,13,18,19)(H2,14,15,17). The van der Waals surface area contributed by atoms with Gasteiger partial charge >= 0.3 is 6.03 Å². The van der Waals surface area contributed by atoms with E-state index in [1.807, 2.05) is 6.92 Å². The molecule has 1 rings (SSSR count). The highest BCUT2D eigenvalue weighted by molar-refractivity contribution is 7.89. The van der Waals surface area contributed by atoms with Gasteiger partial charge in [0.05, 0.1) is 10.7 Å². The molecule has 0 aliphatic carbocycles. The van der Waals surface area contributed by atoms with Crippen molar-refractivity contribution in [3.05, 3.63) is 17.2 Å². The predicted molar refractivity (Wildman–Crippen MR) is 76.4 cm³/mol. The van der Waals surface area contributed by atoms with Gasteiger partial charge in [-0.15, -0.1) is 0 Å². The number of benzene rings is 1. The molecule has 0 saturated carbocycles. The van der Waals surface area contributed by atoms with Crippen LogP contribution >= 0.6 is 11.6 Å². The quantitative estimate of drug-likeness (QED) is 0.629. The van der Waals surface area contributed by atoms with Crippen LogP contribution in [0.4, 0.5) is 10.5 Å². The Morgan fingerprint density at radius 1 is 1.50 bits per heavy atom. The zero-order valence-corrected chi connectivity index (χ0v) is 12.5. The number of hydrogen-bond donors (Lipinski definition) is 4. The van der Waals surface area contributed by atoms with Crippen LogP contribution < -0.4 is 15.8 Å². The molecule has 0 aromatic heterocycles. The molecule has 1 aromatic rings. The zero-order valence-electron chi connectivity index (χ0n) is 11.0. The molecule has 1 atom stereocenters. The largest absolute Gasteiger partial charge is 0.504 e. The smallest absolute Gasteiger partial charge is 0.319 e. The summed E-state index contributed by atoms with van der Waals surface area (Å²) >= 11 is 5.68. The van der Waals surface area contributed by atoms with Crippen LogP contribution in [-0.4, -0.2) is 25.6 Å². The van der Waals surface area contributed by atoms with Gasteiger partial charge in [-0.25, -0.2) is 18.4 Å². The number of amides is 2. The van der Waals surface area contributed by atoms with Crippen LogP contribution in [0.15, 0.2) is 17.0 Å². The Labute approximate surface area is 122 Å². The van der Waals surface area contributed by atoms with Gasteiger partial charge in [0.2, 0.25) is 10.0 Å². The fraction of sp³-hybridized carbons (Fsp3) is 0.364. The fourth-order valence-electron chi connectivity index (χ4n) is 1.40. The highest BCUT2D eigenvalue weighted by Gasteiger charge is 2.22. The minimum absolute atomic E-state index is 0.0674. The SMILES string of the molecule is CCC(C)NC(=O)Nc1ccc(Cl)c(S(N)(=O)=O)c1O. The first-order chi connectivity index (χ1) is 9.16. The summed E-state index contributed by atoms with van der Waals surface area (Å²) in [6.07, 6.45) is 0.725. The van der Waals surface area contributed by atoms with Crippen LogP contribution in [0.5, 0.6) is 5.75 Å². The second-order valence-corrected chi connectivity index (χ2v) is 6.13. The molecule has 0 spiro atoms. The van der Waals surface area contributed by atoms with Crippen molar-refractivity contribution in [3.63, 3.8) is 0 Å². The number of hydrogen-bond acceptors (Lipinski definition) is 4. The van der Waals surface area contributed by atoms with E-state index in [1.54, 1.807) is 6.92 Å². The molecule has 7 nitrogen and oxygen atoms in total. The molecule has 0 heterocycles. The number of rotatable bonds is 4. The number of anilines is 1. The zero-order chi connectivity index (χ0) is 15.5. The molecular weight excluding hydrogens is 306 g/mol. The number of halogens is 1. The van der Waals surface area contributed by atoms with E-state index in [2.05, 4.69) is 10.6 Å². The number of aromatic hydroxyl groups is 1. The first-order valence-electron chi connectivity index (χ1n) is 5.78. The van der Waals surface area contributed by atoms with E-state index in [1.165, 1.54) is 12.1 Å². The number of carbonyl (C=O) groups excluding carboxylic acids is 1. The molecule has 2 amide bonds. The third-order valence-corrected chi connectivity index (χ3v) is 4.02. The highest BCUT2D eigenvalue weighted by atomic mass is 35.5. The number of primary sulfonamides is 1. The predicted octanol–water partition coefficient (Wildman–Crippen LogP) is 1.61. The van der Waals surface area contributed by atoms with E-state index in [0.717, 1.165) is 6.42 Å². The summed E-state index contributed by atoms with van der Waals surface area (Å²) in [5, 5.41) is 19.5. The molecular formula is C11H16ClN3O4S. The van der Waals surface area contributed by atoms with Gasteiger partial charge in [0.15, 0.2) is 5.75 Å². The van der Waals surface area contributed by atoms with Crippen molar-refractivity contribution in [2.75, 3.05) is 5.32 Å². The molecule has 0 aliphatic rings. The Balaban J connectivity index is 3.07. The van der Waals surface area contributed by atoms with Gasteiger partial charge < -0.3 is 15.7 Å². The number of nitrogens with two attached hydrogens (primary N) is 1. The van der Waals surface area contributed by atoms with Crippen LogP contribution in [0.3, 0.4) is 0 Å². The third kappa shape index (κ3) is 3.99. The maximum absolute atomic E-state index is 11.6. The van der Waals surface area contributed by atoms with Gasteiger partial charge in [-0.05, 0) is 25.5 Å². The third-order valence-electron chi connectivity index (χ3n) is 2.61. The van der Waals surface area contributed by atoms with E-state index < -0.39 is 26.7 Å². The molecule has 0 fully saturated rings. The summed E-state index contributed by atoms with van der Waals surface area (Å²) in [6.45, 7) is 3.70. The number of sulfonamides is 1. The lowest BCUT2D eigenvalue weighted by molar-refractivity contribution is 0.249. The van der Waals surface area contributed by atoms with Gasteiger partial charge in [0.1, 0.15) is 4.90 Å². The highest BCUT2D eigenvalue weighted by Crippen LogP contribution is 2.35. The van der Waals surface area contributed by atoms with Crippen molar-refractivity contribution < 1.29 is 18.3 Å². The summed E-state index contributed by atoms with van der Waals surface area (Å²) in [5.41, 5.74) is -0.0979. The molecule has 0 radical (unpaired) electrons. The normalized spacial score (nSPS) is 12.8. The number of carbonyl (C=O) groups is 1. The van der Waals surface area contributed by atoms with Crippen LogP contribution in [-0.2, 0) is 10.0 Å². The summed E-state index contributed by atoms with van der Waals surface area (Å²) in [6, 6.07) is 1.86. The van der Waals surface area contributed by atoms with Gasteiger partial charge in [0.25, 0.3) is 0 Å². The molecule has 9 heteroatoms. The molecule has 5 N–H and O–H groups in total. The van der Waals surface area contributed by atoms with E-state index in [0.29, 0.717) is 0 Å². The van der Waals surface area contributed by atoms with Crippen molar-refractivity contribution in [3.8, 4) is 5.75 Å². The Morgan fingerprint density at radius 2 is 2.10 bits per heavy atom. The maximum atomic E-state index is 11.6. The Hall–Kier alpha value is -1.51. The van der Waals surface area contributed by atoms with Gasteiger partial charge in [-0.1, -0.05) is 18.5 Å². The van der Waals surface area contributed by atoms with Gasteiger partial charge in [0, 0.05) is 6.04 Å². The Bertz CT molecular complexity index is 618. The summed E-state index contributed by atoms with van der Waals surface area (Å²) in [4.78, 5) is 11.0. The van der Waals surface area contributed by atoms with Gasteiger partial charge in [-0.3, -0.25) is 0 Å². The summed E-state index contributed by atoms with van der Waals surface area (Å²) in [7, 11) is -4.20. The first-order valence-corrected chi connectivity index (χ1v) is 7.71.